The number of hydrogen-bond donors (Lipinski definition) is 3. The van der Waals surface area contributed by atoms with Crippen LogP contribution < -0.4 is 10.6 Å². The monoisotopic (exact) mass is 1050 g/mol. The molecule has 0 bridgehead atoms. The smallest absolute Gasteiger partial charge is 0.101 e. The van der Waals surface area contributed by atoms with Crippen LogP contribution in [-0.2, 0) is 33.3 Å². The van der Waals surface area contributed by atoms with E-state index in [1.54, 1.807) is 21.0 Å². The molecule has 3 aliphatic heterocycles. The molecule has 0 aliphatic carbocycles. The Morgan fingerprint density at radius 2 is 1.35 bits per heavy atom. The summed E-state index contributed by atoms with van der Waals surface area (Å²) >= 11 is 0. The molecule has 422 valence electrons. The maximum Gasteiger partial charge on any atom is 0.101 e. The summed E-state index contributed by atoms with van der Waals surface area (Å²) in [7, 11) is 3.90. The van der Waals surface area contributed by atoms with Gasteiger partial charge < -0.3 is 48.8 Å². The third-order valence-corrected chi connectivity index (χ3v) is 22.3. The Morgan fingerprint density at radius 3 is 1.91 bits per heavy atom. The van der Waals surface area contributed by atoms with Crippen LogP contribution in [0.3, 0.4) is 0 Å². The first-order valence-electron chi connectivity index (χ1n) is 28.9. The number of esters is 1. The molecule has 1 amide bonds. The average molecular weight is 1060 g/mol. The SMILES string of the molecule is CC[C@H]1OC(=O)[C@H](C)[C@@H](C2C[C@@](C)(OC)[C@@H](O)[C@H](C)O2)C[C@@H](O[C@H]2C[C@@H](N(C)C)C[C@@H](C)O2)[C@](C)(O)C[C@@H](C)CN(C(=O)CCCCCCCCCCC[PH](C)(c2ccccc2)c2ccccc2)[C@H](C)C[C@]1(C)O. The summed E-state index contributed by atoms with van der Waals surface area (Å²) < 4.78 is 32.3. The van der Waals surface area contributed by atoms with Gasteiger partial charge in [-0.15, -0.1) is 0 Å². The molecule has 0 saturated carbocycles. The van der Waals surface area contributed by atoms with E-state index in [-0.39, 0.29) is 49.3 Å². The molecule has 3 saturated heterocycles. The van der Waals surface area contributed by atoms with Gasteiger partial charge in [-0.1, -0.05) is 20.8 Å². The molecule has 3 aliphatic rings. The number of hydrogen-bond acceptors (Lipinski definition) is 11. The van der Waals surface area contributed by atoms with Crippen molar-refractivity contribution in [1.82, 2.24) is 9.80 Å². The molecule has 74 heavy (non-hydrogen) atoms. The Hall–Kier alpha value is -2.51. The normalized spacial score (nSPS) is 35.4. The molecule has 15 atom stereocenters. The van der Waals surface area contributed by atoms with Crippen LogP contribution in [0.1, 0.15) is 171 Å². The Labute approximate surface area is 448 Å². The van der Waals surface area contributed by atoms with E-state index in [0.29, 0.717) is 32.2 Å². The van der Waals surface area contributed by atoms with Gasteiger partial charge in [-0.05, 0) is 93.7 Å². The van der Waals surface area contributed by atoms with Crippen LogP contribution in [0, 0.1) is 17.8 Å². The quantitative estimate of drug-likeness (QED) is 0.0662. The maximum absolute atomic E-state index is 14.6. The minimum atomic E-state index is -1.80. The minimum Gasteiger partial charge on any atom is -0.386 e. The van der Waals surface area contributed by atoms with E-state index in [2.05, 4.69) is 93.2 Å². The largest absolute Gasteiger partial charge is 0.386 e. The fourth-order valence-electron chi connectivity index (χ4n) is 12.9. The van der Waals surface area contributed by atoms with Crippen molar-refractivity contribution in [3.8, 4) is 0 Å². The van der Waals surface area contributed by atoms with E-state index < -0.39 is 78.7 Å². The number of cyclic esters (lactones) is 1. The molecule has 0 aromatic heterocycles. The molecular formula is C61H103N2O10P. The van der Waals surface area contributed by atoms with Crippen molar-refractivity contribution in [3.05, 3.63) is 60.7 Å². The van der Waals surface area contributed by atoms with Gasteiger partial charge in [0.1, 0.15) is 17.8 Å². The number of benzene rings is 2. The van der Waals surface area contributed by atoms with Gasteiger partial charge in [0.15, 0.2) is 6.29 Å². The van der Waals surface area contributed by atoms with E-state index in [1.807, 2.05) is 46.4 Å². The zero-order valence-electron chi connectivity index (χ0n) is 48.2. The second-order valence-electron chi connectivity index (χ2n) is 24.5. The summed E-state index contributed by atoms with van der Waals surface area (Å²) in [5, 5.41) is 39.4. The number of unbranched alkanes of at least 4 members (excludes halogenated alkanes) is 8. The summed E-state index contributed by atoms with van der Waals surface area (Å²) in [6.45, 7) is 19.9. The van der Waals surface area contributed by atoms with Crippen molar-refractivity contribution in [2.45, 2.75) is 243 Å². The van der Waals surface area contributed by atoms with Gasteiger partial charge in [0.2, 0.25) is 0 Å². The molecule has 0 spiro atoms. The number of rotatable bonds is 20. The average Bonchev–Trinajstić information content (AvgIpc) is 3.36. The van der Waals surface area contributed by atoms with Crippen LogP contribution in [0.5, 0.6) is 0 Å². The Bertz CT molecular complexity index is 1930. The Balaban J connectivity index is 1.26. The Kier molecular flexibility index (Phi) is 23.9. The second-order valence-corrected chi connectivity index (χ2v) is 28.8. The number of amides is 1. The number of methoxy groups -OCH3 is 1. The molecular weight excluding hydrogens is 952 g/mol. The number of aliphatic hydroxyl groups excluding tert-OH is 1. The van der Waals surface area contributed by atoms with Gasteiger partial charge in [0, 0.05) is 44.5 Å². The maximum atomic E-state index is 14.6. The first-order chi connectivity index (χ1) is 34.9. The summed E-state index contributed by atoms with van der Waals surface area (Å²) in [5.41, 5.74) is -3.85. The van der Waals surface area contributed by atoms with Crippen LogP contribution in [0.4, 0.5) is 0 Å². The Morgan fingerprint density at radius 1 is 0.784 bits per heavy atom. The zero-order valence-corrected chi connectivity index (χ0v) is 49.2. The van der Waals surface area contributed by atoms with Gasteiger partial charge in [0.25, 0.3) is 0 Å². The molecule has 3 N–H and O–H groups in total. The van der Waals surface area contributed by atoms with Crippen LogP contribution in [0.2, 0.25) is 0 Å². The number of aliphatic hydroxyl groups is 3. The first kappa shape index (κ1) is 62.3. The molecule has 5 rings (SSSR count). The van der Waals surface area contributed by atoms with Crippen molar-refractivity contribution < 1.29 is 48.6 Å². The summed E-state index contributed by atoms with van der Waals surface area (Å²) in [6.07, 6.45) is 10.2. The topological polar surface area (TPSA) is 147 Å². The third kappa shape index (κ3) is 17.0. The van der Waals surface area contributed by atoms with Crippen molar-refractivity contribution in [2.24, 2.45) is 17.8 Å². The fraction of sp³-hybridized carbons (Fsp3) is 0.770. The molecule has 0 radical (unpaired) electrons. The van der Waals surface area contributed by atoms with Gasteiger partial charge in [-0.2, -0.15) is 0 Å². The standard InChI is InChI=1S/C61H103N2O10P/c1-14-53-60(8,68)40-44(3)63(55(64)34-28-20-18-16-15-17-19-21-29-35-74(13,49-30-24-22-25-31-49)50-32-26-23-27-33-50)42-43(2)39-59(7,67)54(72-56-37-48(62(10)11)36-45(4)70-56)38-51(46(5)58(66)73-53)52-41-61(9,69-12)57(65)47(6)71-52/h22-27,30-33,43-48,51-54,56-57,65,67-68,74H,14-21,28-29,34-42H2,1-13H3/t43-,44-,45-,46-,47+,48+,51+,52?,53-,54-,56+,57+,59-,60+,61-/m1/s1. The molecule has 2 aromatic carbocycles. The van der Waals surface area contributed by atoms with Crippen molar-refractivity contribution >= 4 is 29.7 Å². The van der Waals surface area contributed by atoms with E-state index in [0.717, 1.165) is 32.1 Å². The predicted molar refractivity (Wildman–Crippen MR) is 302 cm³/mol. The van der Waals surface area contributed by atoms with Crippen LogP contribution in [0.25, 0.3) is 0 Å². The van der Waals surface area contributed by atoms with Gasteiger partial charge in [0.05, 0.1) is 41.5 Å². The number of ether oxygens (including phenoxy) is 5. The van der Waals surface area contributed by atoms with E-state index in [9.17, 15) is 24.9 Å². The summed E-state index contributed by atoms with van der Waals surface area (Å²) in [6, 6.07) is 22.1. The summed E-state index contributed by atoms with van der Waals surface area (Å²) in [5.74, 6) is -1.94. The van der Waals surface area contributed by atoms with Gasteiger partial charge in [-0.3, -0.25) is 9.59 Å². The third-order valence-electron chi connectivity index (χ3n) is 17.7. The molecule has 1 unspecified atom stereocenters. The van der Waals surface area contributed by atoms with Gasteiger partial charge >= 0.3 is 167 Å². The van der Waals surface area contributed by atoms with Crippen molar-refractivity contribution in [1.29, 1.82) is 0 Å². The van der Waals surface area contributed by atoms with E-state index in [4.69, 9.17) is 23.7 Å². The van der Waals surface area contributed by atoms with E-state index >= 15 is 0 Å². The number of carbonyl (C=O) groups excluding carboxylic acids is 2. The van der Waals surface area contributed by atoms with Crippen LogP contribution in [0.15, 0.2) is 60.7 Å². The number of carbonyl (C=O) groups is 2. The molecule has 2 aromatic rings. The summed E-state index contributed by atoms with van der Waals surface area (Å²) in [4.78, 5) is 33.1. The van der Waals surface area contributed by atoms with Gasteiger partial charge in [-0.25, -0.2) is 0 Å². The minimum absolute atomic E-state index is 0.0310. The number of nitrogens with zero attached hydrogens (tertiary/aromatic N) is 2. The van der Waals surface area contributed by atoms with Crippen LogP contribution in [-0.4, -0.2) is 149 Å². The van der Waals surface area contributed by atoms with Crippen molar-refractivity contribution in [2.75, 3.05) is 40.6 Å². The van der Waals surface area contributed by atoms with Crippen LogP contribution >= 0.6 is 7.26 Å². The molecule has 12 nitrogen and oxygen atoms in total. The predicted octanol–water partition coefficient (Wildman–Crippen LogP) is 9.82. The van der Waals surface area contributed by atoms with E-state index in [1.165, 1.54) is 48.9 Å². The second kappa shape index (κ2) is 28.4. The fourth-order valence-corrected chi connectivity index (χ4v) is 16.6. The van der Waals surface area contributed by atoms with Crippen molar-refractivity contribution in [3.63, 3.8) is 0 Å². The zero-order chi connectivity index (χ0) is 54.4. The molecule has 3 fully saturated rings. The first-order valence-corrected chi connectivity index (χ1v) is 31.6. The molecule has 3 heterocycles. The molecule has 13 heteroatoms.